The monoisotopic (exact) mass is 512 g/mol. The van der Waals surface area contributed by atoms with E-state index in [2.05, 4.69) is 20.5 Å². The van der Waals surface area contributed by atoms with E-state index in [-0.39, 0.29) is 10.6 Å². The lowest BCUT2D eigenvalue weighted by Crippen LogP contribution is -2.21. The van der Waals surface area contributed by atoms with Crippen LogP contribution in [0.15, 0.2) is 35.2 Å². The summed E-state index contributed by atoms with van der Waals surface area (Å²) in [7, 11) is -3.18. The molecule has 15 heteroatoms. The number of hydrogen-bond donors (Lipinski definition) is 2. The van der Waals surface area contributed by atoms with Gasteiger partial charge in [-0.3, -0.25) is 4.79 Å². The van der Waals surface area contributed by atoms with Crippen molar-refractivity contribution in [1.82, 2.24) is 15.2 Å². The highest BCUT2D eigenvalue weighted by atomic mass is 32.2. The lowest BCUT2D eigenvalue weighted by atomic mass is 10.1. The maximum absolute atomic E-state index is 14.3. The fourth-order valence-corrected chi connectivity index (χ4v) is 3.52. The summed E-state index contributed by atoms with van der Waals surface area (Å²) < 4.78 is 93.2. The molecule has 2 N–H and O–H groups in total. The summed E-state index contributed by atoms with van der Waals surface area (Å²) in [5, 5.41) is 17.2. The number of amides is 1. The molecule has 2 aromatic heterocycles. The summed E-state index contributed by atoms with van der Waals surface area (Å²) in [5.41, 5.74) is -3.85. The molecule has 0 saturated carbocycles. The Labute approximate surface area is 194 Å². The average Bonchev–Trinajstić information content (AvgIpc) is 2.74. The number of aromatic nitrogens is 3. The molecule has 0 aliphatic rings. The number of nitriles is 1. The van der Waals surface area contributed by atoms with Gasteiger partial charge in [0.25, 0.3) is 17.7 Å². The number of hydrogen-bond acceptors (Lipinski definition) is 8. The number of nitrogens with one attached hydrogen (secondary N) is 2. The maximum atomic E-state index is 14.3. The molecular weight excluding hydrogens is 499 g/mol. The van der Waals surface area contributed by atoms with E-state index in [4.69, 9.17) is 14.8 Å². The van der Waals surface area contributed by atoms with Crippen molar-refractivity contribution in [3.63, 3.8) is 0 Å². The van der Waals surface area contributed by atoms with Crippen LogP contribution >= 0.6 is 0 Å². The smallest absolute Gasteiger partial charge is 0.429 e. The van der Waals surface area contributed by atoms with E-state index in [1.54, 1.807) is 0 Å². The lowest BCUT2D eigenvalue weighted by molar-refractivity contribution is -0.142. The first-order valence-corrected chi connectivity index (χ1v) is 11.2. The van der Waals surface area contributed by atoms with Crippen molar-refractivity contribution in [1.29, 1.82) is 10.0 Å². The van der Waals surface area contributed by atoms with Gasteiger partial charge >= 0.3 is 6.18 Å². The highest BCUT2D eigenvalue weighted by Crippen LogP contribution is 2.36. The summed E-state index contributed by atoms with van der Waals surface area (Å²) in [4.78, 5) is 16.1. The molecular formula is C20H13F5N6O3S. The second-order valence-corrected chi connectivity index (χ2v) is 9.16. The van der Waals surface area contributed by atoms with Crippen LogP contribution in [0.2, 0.25) is 0 Å². The minimum absolute atomic E-state index is 0.0279. The highest BCUT2D eigenvalue weighted by molar-refractivity contribution is 7.91. The number of rotatable bonds is 5. The summed E-state index contributed by atoms with van der Waals surface area (Å²) in [5.74, 6) is -6.49. The molecule has 1 aromatic carbocycles. The average molecular weight is 512 g/mol. The van der Waals surface area contributed by atoms with Gasteiger partial charge in [-0.1, -0.05) is 6.07 Å². The van der Waals surface area contributed by atoms with Crippen LogP contribution in [0.4, 0.5) is 27.6 Å². The zero-order chi connectivity index (χ0) is 26.1. The number of halogens is 5. The Morgan fingerprint density at radius 3 is 2.49 bits per heavy atom. The summed E-state index contributed by atoms with van der Waals surface area (Å²) in [6.45, 7) is 0.877. The molecule has 0 radical (unpaired) electrons. The van der Waals surface area contributed by atoms with Gasteiger partial charge in [0.05, 0.1) is 9.73 Å². The number of alkyl halides is 3. The Bertz CT molecular complexity index is 1460. The van der Waals surface area contributed by atoms with E-state index in [9.17, 15) is 31.0 Å². The molecule has 0 aliphatic heterocycles. The molecule has 0 aliphatic carbocycles. The van der Waals surface area contributed by atoms with Crippen LogP contribution < -0.4 is 10.1 Å². The fraction of sp³-hybridized carbons (Fsp3) is 0.150. The summed E-state index contributed by atoms with van der Waals surface area (Å²) in [6.07, 6.45) is -3.91. The molecule has 3 aromatic rings. The van der Waals surface area contributed by atoms with Gasteiger partial charge in [0, 0.05) is 22.9 Å². The lowest BCUT2D eigenvalue weighted by Gasteiger charge is -2.16. The van der Waals surface area contributed by atoms with Crippen LogP contribution in [0, 0.1) is 34.8 Å². The van der Waals surface area contributed by atoms with E-state index in [1.165, 1.54) is 30.3 Å². The van der Waals surface area contributed by atoms with Gasteiger partial charge in [-0.25, -0.2) is 18.4 Å². The van der Waals surface area contributed by atoms with Gasteiger partial charge in [-0.05, 0) is 30.7 Å². The largest absolute Gasteiger partial charge is 0.435 e. The van der Waals surface area contributed by atoms with Crippen LogP contribution in [0.3, 0.4) is 0 Å². The third-order valence-corrected chi connectivity index (χ3v) is 5.58. The van der Waals surface area contributed by atoms with Crippen molar-refractivity contribution in [3.8, 4) is 17.7 Å². The Morgan fingerprint density at radius 2 is 1.91 bits per heavy atom. The first-order chi connectivity index (χ1) is 16.2. The van der Waals surface area contributed by atoms with Crippen molar-refractivity contribution < 1.29 is 35.7 Å². The van der Waals surface area contributed by atoms with Crippen LogP contribution in [0.1, 0.15) is 27.3 Å². The standard InChI is InChI=1S/C20H13F5N6O3S/c1-9-14(18(32)29-10-4-3-5-12(6-10)35(2,27)33)19(31-30-16(9)20(23,24)25)34-15-13(21)7-11(8-26)28-17(15)22/h3-7,27H,1-2H3,(H,29,32). The topological polar surface area (TPSA) is 142 Å². The predicted molar refractivity (Wildman–Crippen MR) is 110 cm³/mol. The number of anilines is 1. The minimum Gasteiger partial charge on any atom is -0.429 e. The normalized spacial score (nSPS) is 13.0. The molecule has 3 rings (SSSR count). The van der Waals surface area contributed by atoms with Gasteiger partial charge in [-0.15, -0.1) is 10.2 Å². The second kappa shape index (κ2) is 9.22. The second-order valence-electron chi connectivity index (χ2n) is 7.00. The van der Waals surface area contributed by atoms with Gasteiger partial charge in [-0.2, -0.15) is 22.8 Å². The summed E-state index contributed by atoms with van der Waals surface area (Å²) in [6, 6.07) is 7.11. The Hall–Kier alpha value is -4.19. The summed E-state index contributed by atoms with van der Waals surface area (Å²) >= 11 is 0. The molecule has 182 valence electrons. The zero-order valence-corrected chi connectivity index (χ0v) is 18.5. The van der Waals surface area contributed by atoms with E-state index < -0.39 is 67.7 Å². The quantitative estimate of drug-likeness (QED) is 0.380. The molecule has 0 bridgehead atoms. The van der Waals surface area contributed by atoms with Crippen LogP contribution in [-0.2, 0) is 15.9 Å². The number of nitrogens with zero attached hydrogens (tertiary/aromatic N) is 4. The number of ether oxygens (including phenoxy) is 1. The van der Waals surface area contributed by atoms with Crippen molar-refractivity contribution in [2.24, 2.45) is 0 Å². The Morgan fingerprint density at radius 1 is 1.23 bits per heavy atom. The van der Waals surface area contributed by atoms with Gasteiger partial charge in [0.2, 0.25) is 5.75 Å². The molecule has 0 saturated heterocycles. The number of pyridine rings is 1. The van der Waals surface area contributed by atoms with Gasteiger partial charge < -0.3 is 10.1 Å². The third kappa shape index (κ3) is 5.49. The molecule has 9 nitrogen and oxygen atoms in total. The molecule has 0 spiro atoms. The first kappa shape index (κ1) is 25.4. The number of carbonyl (C=O) groups is 1. The van der Waals surface area contributed by atoms with Crippen molar-refractivity contribution >= 4 is 21.3 Å². The maximum Gasteiger partial charge on any atom is 0.435 e. The first-order valence-electron chi connectivity index (χ1n) is 9.26. The fourth-order valence-electron chi connectivity index (χ4n) is 2.83. The van der Waals surface area contributed by atoms with Crippen molar-refractivity contribution in [2.45, 2.75) is 18.0 Å². The highest BCUT2D eigenvalue weighted by Gasteiger charge is 2.38. The van der Waals surface area contributed by atoms with E-state index >= 15 is 0 Å². The molecule has 0 fully saturated rings. The van der Waals surface area contributed by atoms with Gasteiger partial charge in [0.1, 0.15) is 17.3 Å². The molecule has 1 atom stereocenters. The predicted octanol–water partition coefficient (Wildman–Crippen LogP) is 4.43. The van der Waals surface area contributed by atoms with Gasteiger partial charge in [0.15, 0.2) is 11.5 Å². The van der Waals surface area contributed by atoms with E-state index in [0.29, 0.717) is 6.07 Å². The van der Waals surface area contributed by atoms with E-state index in [1.807, 2.05) is 0 Å². The number of carbonyl (C=O) groups excluding carboxylic acids is 1. The SMILES string of the molecule is Cc1c(C(F)(F)F)nnc(Oc2c(F)cc(C#N)nc2F)c1C(=O)Nc1cccc(S(C)(=N)=O)c1. The molecule has 35 heavy (non-hydrogen) atoms. The van der Waals surface area contributed by atoms with Crippen LogP contribution in [0.25, 0.3) is 0 Å². The Kier molecular flexibility index (Phi) is 6.70. The zero-order valence-electron chi connectivity index (χ0n) is 17.7. The van der Waals surface area contributed by atoms with Crippen molar-refractivity contribution in [3.05, 3.63) is 64.6 Å². The molecule has 1 unspecified atom stereocenters. The molecule has 1 amide bonds. The van der Waals surface area contributed by atoms with Crippen LogP contribution in [-0.4, -0.2) is 31.6 Å². The third-order valence-electron chi connectivity index (χ3n) is 4.42. The van der Waals surface area contributed by atoms with Crippen molar-refractivity contribution in [2.75, 3.05) is 11.6 Å². The van der Waals surface area contributed by atoms with Crippen LogP contribution in [0.5, 0.6) is 11.6 Å². The number of benzene rings is 1. The minimum atomic E-state index is -5.03. The van der Waals surface area contributed by atoms with E-state index in [0.717, 1.165) is 13.2 Å². The molecule has 2 heterocycles. The Balaban J connectivity index is 2.12.